The van der Waals surface area contributed by atoms with Gasteiger partial charge in [0.05, 0.1) is 36.1 Å². The molecule has 0 amide bonds. The quantitative estimate of drug-likeness (QED) is 0.249. The minimum Gasteiger partial charge on any atom is -0.465 e. The lowest BCUT2D eigenvalue weighted by atomic mass is 10.1. The highest BCUT2D eigenvalue weighted by atomic mass is 32.2. The minimum atomic E-state index is -4.14. The van der Waals surface area contributed by atoms with Crippen LogP contribution in [0.5, 0.6) is 0 Å². The molecule has 0 bridgehead atoms. The first kappa shape index (κ1) is 24.3. The molecule has 0 saturated carbocycles. The van der Waals surface area contributed by atoms with E-state index in [0.29, 0.717) is 34.2 Å². The Kier molecular flexibility index (Phi) is 6.31. The average Bonchev–Trinajstić information content (AvgIpc) is 3.53. The van der Waals surface area contributed by atoms with E-state index in [2.05, 4.69) is 4.98 Å². The van der Waals surface area contributed by atoms with Crippen molar-refractivity contribution in [3.63, 3.8) is 0 Å². The van der Waals surface area contributed by atoms with Crippen molar-refractivity contribution >= 4 is 32.6 Å². The first-order valence-corrected chi connectivity index (χ1v) is 12.9. The van der Waals surface area contributed by atoms with Crippen LogP contribution in [0.25, 0.3) is 22.4 Å². The van der Waals surface area contributed by atoms with Crippen LogP contribution in [0.15, 0.2) is 92.8 Å². The van der Waals surface area contributed by atoms with Crippen molar-refractivity contribution in [1.29, 1.82) is 0 Å². The van der Waals surface area contributed by atoms with E-state index in [4.69, 9.17) is 13.6 Å². The fraction of sp³-hybridized carbons (Fsp3) is 0.143. The highest BCUT2D eigenvalue weighted by Crippen LogP contribution is 2.32. The Balaban J connectivity index is 1.62. The number of oxazole rings is 1. The van der Waals surface area contributed by atoms with Gasteiger partial charge in [-0.3, -0.25) is 4.31 Å². The lowest BCUT2D eigenvalue weighted by Gasteiger charge is -2.24. The average molecular weight is 517 g/mol. The number of esters is 1. The van der Waals surface area contributed by atoms with Gasteiger partial charge < -0.3 is 13.6 Å². The summed E-state index contributed by atoms with van der Waals surface area (Å²) in [5.41, 5.74) is 3.09. The van der Waals surface area contributed by atoms with Gasteiger partial charge in [-0.05, 0) is 67.9 Å². The smallest absolute Gasteiger partial charge is 0.338 e. The van der Waals surface area contributed by atoms with Gasteiger partial charge in [-0.15, -0.1) is 0 Å². The molecule has 5 rings (SSSR count). The first-order chi connectivity index (χ1) is 17.8. The third kappa shape index (κ3) is 4.61. The molecule has 0 radical (unpaired) electrons. The summed E-state index contributed by atoms with van der Waals surface area (Å²) in [6.07, 6.45) is 1.55. The van der Waals surface area contributed by atoms with Crippen molar-refractivity contribution in [1.82, 2.24) is 4.98 Å². The summed E-state index contributed by atoms with van der Waals surface area (Å²) >= 11 is 0. The topological polar surface area (TPSA) is 103 Å². The number of hydrogen-bond acceptors (Lipinski definition) is 7. The summed E-state index contributed by atoms with van der Waals surface area (Å²) in [6.45, 7) is 3.38. The zero-order chi connectivity index (χ0) is 26.2. The maximum Gasteiger partial charge on any atom is 0.338 e. The zero-order valence-corrected chi connectivity index (χ0v) is 21.3. The minimum absolute atomic E-state index is 0.0461. The largest absolute Gasteiger partial charge is 0.465 e. The number of carbonyl (C=O) groups excluding carboxylic acids is 1. The molecular weight excluding hydrogens is 492 g/mol. The van der Waals surface area contributed by atoms with Crippen LogP contribution in [0.2, 0.25) is 0 Å². The Bertz CT molecular complexity index is 1700. The number of aryl methyl sites for hydroxylation is 2. The van der Waals surface area contributed by atoms with Gasteiger partial charge in [-0.25, -0.2) is 18.2 Å². The molecular formula is C28H24N2O6S. The Morgan fingerprint density at radius 1 is 1.00 bits per heavy atom. The fourth-order valence-corrected chi connectivity index (χ4v) is 5.50. The summed E-state index contributed by atoms with van der Waals surface area (Å²) in [5, 5.41) is 0.749. The van der Waals surface area contributed by atoms with Crippen LogP contribution in [-0.4, -0.2) is 26.5 Å². The lowest BCUT2D eigenvalue weighted by Crippen LogP contribution is -2.31. The number of hydrogen-bond donors (Lipinski definition) is 0. The molecule has 3 aromatic carbocycles. The highest BCUT2D eigenvalue weighted by molar-refractivity contribution is 7.92. The van der Waals surface area contributed by atoms with E-state index < -0.39 is 16.0 Å². The molecule has 9 heteroatoms. The molecule has 37 heavy (non-hydrogen) atoms. The maximum atomic E-state index is 14.1. The van der Waals surface area contributed by atoms with E-state index in [1.807, 2.05) is 30.3 Å². The maximum absolute atomic E-state index is 14.1. The Morgan fingerprint density at radius 3 is 2.54 bits per heavy atom. The molecule has 0 atom stereocenters. The molecule has 2 aromatic heterocycles. The number of methoxy groups -OCH3 is 1. The molecule has 2 heterocycles. The van der Waals surface area contributed by atoms with Gasteiger partial charge >= 0.3 is 5.97 Å². The van der Waals surface area contributed by atoms with Crippen LogP contribution in [0.4, 0.5) is 5.69 Å². The highest BCUT2D eigenvalue weighted by Gasteiger charge is 2.29. The Labute approximate surface area is 214 Å². The number of furan rings is 1. The molecule has 0 saturated heterocycles. The van der Waals surface area contributed by atoms with Crippen molar-refractivity contribution in [3.8, 4) is 11.5 Å². The van der Waals surface area contributed by atoms with Gasteiger partial charge in [-0.2, -0.15) is 0 Å². The first-order valence-electron chi connectivity index (χ1n) is 11.5. The number of ether oxygens (including phenoxy) is 1. The van der Waals surface area contributed by atoms with Crippen LogP contribution < -0.4 is 4.31 Å². The van der Waals surface area contributed by atoms with Crippen LogP contribution in [0.3, 0.4) is 0 Å². The second kappa shape index (κ2) is 9.59. The van der Waals surface area contributed by atoms with Gasteiger partial charge in [-0.1, -0.05) is 24.3 Å². The van der Waals surface area contributed by atoms with Gasteiger partial charge in [0.1, 0.15) is 17.0 Å². The molecule has 188 valence electrons. The van der Waals surface area contributed by atoms with E-state index in [0.717, 1.165) is 10.9 Å². The monoisotopic (exact) mass is 516 g/mol. The van der Waals surface area contributed by atoms with Crippen LogP contribution in [0, 0.1) is 13.8 Å². The van der Waals surface area contributed by atoms with Gasteiger partial charge in [0.2, 0.25) is 5.89 Å². The number of benzene rings is 3. The summed E-state index contributed by atoms with van der Waals surface area (Å²) in [5.74, 6) is 0.294. The van der Waals surface area contributed by atoms with Crippen molar-refractivity contribution in [2.24, 2.45) is 0 Å². The van der Waals surface area contributed by atoms with Crippen LogP contribution >= 0.6 is 0 Å². The predicted octanol–water partition coefficient (Wildman–Crippen LogP) is 5.89. The molecule has 0 unspecified atom stereocenters. The second-order valence-electron chi connectivity index (χ2n) is 8.51. The van der Waals surface area contributed by atoms with Crippen molar-refractivity contribution in [3.05, 3.63) is 102 Å². The number of fused-ring (bicyclic) bond motifs is 1. The number of sulfonamides is 1. The van der Waals surface area contributed by atoms with Crippen molar-refractivity contribution < 1.29 is 26.8 Å². The lowest BCUT2D eigenvalue weighted by molar-refractivity contribution is 0.0599. The molecule has 0 aliphatic carbocycles. The van der Waals surface area contributed by atoms with Crippen molar-refractivity contribution in [2.45, 2.75) is 25.3 Å². The molecule has 0 N–H and O–H groups in total. The van der Waals surface area contributed by atoms with Crippen LogP contribution in [0.1, 0.15) is 27.4 Å². The summed E-state index contributed by atoms with van der Waals surface area (Å²) in [6, 6.07) is 20.7. The van der Waals surface area contributed by atoms with E-state index in [1.54, 1.807) is 50.4 Å². The standard InChI is InChI=1S/C28H24N2O6S/c1-18-9-11-23(16-24(18)28(31)34-3)37(32,33)30(22-10-12-26-21(15-22)13-14-35-26)17-25-19(2)36-27(29-25)20-7-5-4-6-8-20/h4-16H,17H2,1-3H3. The normalized spacial score (nSPS) is 11.5. The summed E-state index contributed by atoms with van der Waals surface area (Å²) in [4.78, 5) is 16.8. The number of nitrogens with zero attached hydrogens (tertiary/aromatic N) is 2. The van der Waals surface area contributed by atoms with E-state index in [1.165, 1.54) is 23.5 Å². The molecule has 0 spiro atoms. The van der Waals surface area contributed by atoms with E-state index >= 15 is 0 Å². The number of anilines is 1. The van der Waals surface area contributed by atoms with Crippen LogP contribution in [-0.2, 0) is 21.3 Å². The second-order valence-corrected chi connectivity index (χ2v) is 10.4. The Morgan fingerprint density at radius 2 is 1.78 bits per heavy atom. The molecule has 8 nitrogen and oxygen atoms in total. The van der Waals surface area contributed by atoms with E-state index in [-0.39, 0.29) is 17.0 Å². The summed E-state index contributed by atoms with van der Waals surface area (Å²) in [7, 11) is -2.89. The third-order valence-electron chi connectivity index (χ3n) is 6.13. The SMILES string of the molecule is COC(=O)c1cc(S(=O)(=O)N(Cc2nc(-c3ccccc3)oc2C)c2ccc3occc3c2)ccc1C. The summed E-state index contributed by atoms with van der Waals surface area (Å²) < 4.78 is 45.6. The number of carbonyl (C=O) groups is 1. The third-order valence-corrected chi connectivity index (χ3v) is 7.90. The molecule has 0 aliphatic rings. The van der Waals surface area contributed by atoms with Gasteiger partial charge in [0.15, 0.2) is 0 Å². The molecule has 0 fully saturated rings. The van der Waals surface area contributed by atoms with E-state index in [9.17, 15) is 13.2 Å². The molecule has 5 aromatic rings. The van der Waals surface area contributed by atoms with Gasteiger partial charge in [0.25, 0.3) is 10.0 Å². The number of aromatic nitrogens is 1. The predicted molar refractivity (Wildman–Crippen MR) is 139 cm³/mol. The fourth-order valence-electron chi connectivity index (χ4n) is 4.06. The number of rotatable bonds is 7. The Hall–Kier alpha value is -4.37. The van der Waals surface area contributed by atoms with Crippen molar-refractivity contribution in [2.75, 3.05) is 11.4 Å². The molecule has 0 aliphatic heterocycles. The zero-order valence-electron chi connectivity index (χ0n) is 20.5. The van der Waals surface area contributed by atoms with Gasteiger partial charge in [0, 0.05) is 10.9 Å².